The van der Waals surface area contributed by atoms with Gasteiger partial charge in [0, 0.05) is 0 Å². The molecule has 0 spiro atoms. The highest BCUT2D eigenvalue weighted by atomic mass is 31.2. The second-order valence-electron chi connectivity index (χ2n) is 4.29. The Morgan fingerprint density at radius 1 is 1.33 bits per heavy atom. The van der Waals surface area contributed by atoms with Crippen LogP contribution in [-0.4, -0.2) is 14.9 Å². The molecule has 12 heavy (non-hydrogen) atoms. The van der Waals surface area contributed by atoms with Crippen LogP contribution >= 0.6 is 7.60 Å². The Hall–Kier alpha value is 0.150. The van der Waals surface area contributed by atoms with E-state index in [0.29, 0.717) is 12.3 Å². The first-order chi connectivity index (χ1) is 5.17. The molecule has 0 saturated heterocycles. The van der Waals surface area contributed by atoms with Gasteiger partial charge in [0.25, 0.3) is 0 Å². The van der Waals surface area contributed by atoms with E-state index in [1.165, 1.54) is 0 Å². The summed E-state index contributed by atoms with van der Waals surface area (Å²) in [5.41, 5.74) is 0. The largest absolute Gasteiger partial charge is 0.331 e. The average molecular weight is 194 g/mol. The summed E-state index contributed by atoms with van der Waals surface area (Å²) in [6, 6.07) is 0. The van der Waals surface area contributed by atoms with Gasteiger partial charge in [0.1, 0.15) is 0 Å². The highest BCUT2D eigenvalue weighted by Crippen LogP contribution is 2.52. The maximum Gasteiger partial charge on any atom is 0.331 e. The summed E-state index contributed by atoms with van der Waals surface area (Å²) in [5, 5.41) is -0.864. The second kappa shape index (κ2) is 3.91. The molecule has 0 aromatic heterocycles. The molecule has 74 valence electrons. The van der Waals surface area contributed by atoms with Crippen molar-refractivity contribution in [2.75, 3.05) is 0 Å². The number of hydrogen-bond acceptors (Lipinski definition) is 1. The fraction of sp³-hybridized carbons (Fsp3) is 1.00. The van der Waals surface area contributed by atoms with Crippen molar-refractivity contribution in [1.82, 2.24) is 0 Å². The highest BCUT2D eigenvalue weighted by molar-refractivity contribution is 7.53. The third-order valence-corrected chi connectivity index (χ3v) is 3.92. The molecule has 0 fully saturated rings. The summed E-state index contributed by atoms with van der Waals surface area (Å²) in [4.78, 5) is 17.9. The van der Waals surface area contributed by atoms with Crippen LogP contribution in [0.25, 0.3) is 0 Å². The zero-order chi connectivity index (χ0) is 9.99. The van der Waals surface area contributed by atoms with E-state index >= 15 is 0 Å². The summed E-state index contributed by atoms with van der Waals surface area (Å²) in [6.07, 6.45) is 1.44. The fourth-order valence-electron chi connectivity index (χ4n) is 0.788. The van der Waals surface area contributed by atoms with Crippen LogP contribution < -0.4 is 0 Å². The Bertz CT molecular complexity index is 181. The van der Waals surface area contributed by atoms with Crippen molar-refractivity contribution >= 4 is 7.60 Å². The molecular weight excluding hydrogens is 175 g/mol. The monoisotopic (exact) mass is 194 g/mol. The van der Waals surface area contributed by atoms with Crippen molar-refractivity contribution in [2.45, 2.75) is 45.7 Å². The first-order valence-corrected chi connectivity index (χ1v) is 5.84. The van der Waals surface area contributed by atoms with Gasteiger partial charge in [0.2, 0.25) is 0 Å². The zero-order valence-corrected chi connectivity index (χ0v) is 9.14. The molecule has 0 bridgehead atoms. The first-order valence-electron chi connectivity index (χ1n) is 4.22. The van der Waals surface area contributed by atoms with Gasteiger partial charge in [0.15, 0.2) is 0 Å². The molecule has 0 heterocycles. The van der Waals surface area contributed by atoms with E-state index in [1.807, 2.05) is 0 Å². The lowest BCUT2D eigenvalue weighted by Crippen LogP contribution is -2.20. The van der Waals surface area contributed by atoms with Gasteiger partial charge in [-0.3, -0.25) is 4.57 Å². The quantitative estimate of drug-likeness (QED) is 0.675. The molecule has 0 aromatic rings. The summed E-state index contributed by atoms with van der Waals surface area (Å²) in [5.74, 6) is 0.496. The lowest BCUT2D eigenvalue weighted by Gasteiger charge is -2.26. The number of hydrogen-bond donors (Lipinski definition) is 2. The van der Waals surface area contributed by atoms with Crippen molar-refractivity contribution < 1.29 is 14.4 Å². The van der Waals surface area contributed by atoms with Gasteiger partial charge in [-0.25, -0.2) is 0 Å². The van der Waals surface area contributed by atoms with E-state index in [-0.39, 0.29) is 0 Å². The van der Waals surface area contributed by atoms with Crippen LogP contribution in [0.4, 0.5) is 0 Å². The minimum atomic E-state index is -3.92. The van der Waals surface area contributed by atoms with Crippen LogP contribution in [0, 0.1) is 5.92 Å². The van der Waals surface area contributed by atoms with Gasteiger partial charge in [-0.05, 0) is 32.6 Å². The second-order valence-corrected chi connectivity index (χ2v) is 6.59. The lowest BCUT2D eigenvalue weighted by atomic mass is 10.0. The van der Waals surface area contributed by atoms with Crippen molar-refractivity contribution in [3.05, 3.63) is 0 Å². The fourth-order valence-corrected chi connectivity index (χ4v) is 1.21. The van der Waals surface area contributed by atoms with E-state index in [9.17, 15) is 4.57 Å². The van der Waals surface area contributed by atoms with Gasteiger partial charge in [0.05, 0.1) is 5.16 Å². The van der Waals surface area contributed by atoms with Gasteiger partial charge in [-0.15, -0.1) is 0 Å². The molecule has 0 aliphatic rings. The molecule has 0 rings (SSSR count). The van der Waals surface area contributed by atoms with Gasteiger partial charge in [-0.2, -0.15) is 0 Å². The van der Waals surface area contributed by atoms with E-state index < -0.39 is 12.8 Å². The van der Waals surface area contributed by atoms with Crippen LogP contribution in [0.2, 0.25) is 0 Å². The maximum atomic E-state index is 11.0. The van der Waals surface area contributed by atoms with Crippen LogP contribution in [-0.2, 0) is 4.57 Å². The predicted molar refractivity (Wildman–Crippen MR) is 50.2 cm³/mol. The molecule has 0 atom stereocenters. The standard InChI is InChI=1S/C8H19O3P/c1-7(2)5-6-8(3,4)12(9,10)11/h7H,5-6H2,1-4H3,(H2,9,10,11). The van der Waals surface area contributed by atoms with Crippen LogP contribution in [0.5, 0.6) is 0 Å². The normalized spacial score (nSPS) is 13.9. The molecule has 0 saturated carbocycles. The highest BCUT2D eigenvalue weighted by Gasteiger charge is 2.36. The average Bonchev–Trinajstić information content (AvgIpc) is 1.81. The molecule has 0 aromatic carbocycles. The third-order valence-electron chi connectivity index (χ3n) is 2.12. The summed E-state index contributed by atoms with van der Waals surface area (Å²) < 4.78 is 11.0. The summed E-state index contributed by atoms with van der Waals surface area (Å²) >= 11 is 0. The minimum Gasteiger partial charge on any atom is -0.324 e. The van der Waals surface area contributed by atoms with E-state index in [1.54, 1.807) is 13.8 Å². The summed E-state index contributed by atoms with van der Waals surface area (Å²) in [6.45, 7) is 7.35. The van der Waals surface area contributed by atoms with Gasteiger partial charge in [-0.1, -0.05) is 13.8 Å². The Balaban J connectivity index is 4.15. The van der Waals surface area contributed by atoms with E-state index in [4.69, 9.17) is 9.79 Å². The molecule has 3 nitrogen and oxygen atoms in total. The first kappa shape index (κ1) is 12.2. The SMILES string of the molecule is CC(C)CCC(C)(C)P(=O)(O)O. The molecule has 0 aliphatic carbocycles. The topological polar surface area (TPSA) is 57.5 Å². The third kappa shape index (κ3) is 3.70. The van der Waals surface area contributed by atoms with Gasteiger partial charge >= 0.3 is 7.60 Å². The Kier molecular flexibility index (Phi) is 3.95. The Labute approximate surface area is 74.3 Å². The Morgan fingerprint density at radius 2 is 1.75 bits per heavy atom. The van der Waals surface area contributed by atoms with Crippen LogP contribution in [0.3, 0.4) is 0 Å². The molecule has 0 unspecified atom stereocenters. The molecule has 0 amide bonds. The number of rotatable bonds is 4. The maximum absolute atomic E-state index is 11.0. The van der Waals surface area contributed by atoms with Crippen molar-refractivity contribution in [1.29, 1.82) is 0 Å². The van der Waals surface area contributed by atoms with Crippen molar-refractivity contribution in [2.24, 2.45) is 5.92 Å². The summed E-state index contributed by atoms with van der Waals surface area (Å²) in [7, 11) is -3.92. The molecular formula is C8H19O3P. The predicted octanol–water partition coefficient (Wildman–Crippen LogP) is 2.38. The smallest absolute Gasteiger partial charge is 0.324 e. The molecule has 0 aliphatic heterocycles. The van der Waals surface area contributed by atoms with Crippen molar-refractivity contribution in [3.63, 3.8) is 0 Å². The van der Waals surface area contributed by atoms with E-state index in [2.05, 4.69) is 13.8 Å². The van der Waals surface area contributed by atoms with Crippen LogP contribution in [0.1, 0.15) is 40.5 Å². The Morgan fingerprint density at radius 3 is 2.00 bits per heavy atom. The molecule has 4 heteroatoms. The van der Waals surface area contributed by atoms with Gasteiger partial charge < -0.3 is 9.79 Å². The molecule has 0 radical (unpaired) electrons. The van der Waals surface area contributed by atoms with E-state index in [0.717, 1.165) is 6.42 Å². The minimum absolute atomic E-state index is 0.496. The zero-order valence-electron chi connectivity index (χ0n) is 8.24. The van der Waals surface area contributed by atoms with Crippen LogP contribution in [0.15, 0.2) is 0 Å². The lowest BCUT2D eigenvalue weighted by molar-refractivity contribution is 0.323. The molecule has 2 N–H and O–H groups in total. The van der Waals surface area contributed by atoms with Crippen molar-refractivity contribution in [3.8, 4) is 0 Å².